The van der Waals surface area contributed by atoms with Gasteiger partial charge < -0.3 is 19.7 Å². The van der Waals surface area contributed by atoms with Crippen LogP contribution >= 0.6 is 0 Å². The number of benzene rings is 1. The molecule has 1 aliphatic rings. The maximum Gasteiger partial charge on any atom is 0.193 e. The van der Waals surface area contributed by atoms with E-state index in [1.165, 1.54) is 12.0 Å². The van der Waals surface area contributed by atoms with Gasteiger partial charge in [-0.2, -0.15) is 0 Å². The number of hydrogen-bond donors (Lipinski definition) is 1. The van der Waals surface area contributed by atoms with Crippen molar-refractivity contribution in [2.24, 2.45) is 10.9 Å². The fraction of sp³-hybridized carbons (Fsp3) is 0.650. The predicted molar refractivity (Wildman–Crippen MR) is 103 cm³/mol. The molecule has 1 aliphatic heterocycles. The molecule has 1 fully saturated rings. The molecule has 0 radical (unpaired) electrons. The molecule has 1 heterocycles. The monoisotopic (exact) mass is 347 g/mol. The van der Waals surface area contributed by atoms with Gasteiger partial charge in [0.2, 0.25) is 0 Å². The van der Waals surface area contributed by atoms with Crippen molar-refractivity contribution in [3.05, 3.63) is 35.9 Å². The van der Waals surface area contributed by atoms with E-state index < -0.39 is 0 Å². The summed E-state index contributed by atoms with van der Waals surface area (Å²) in [6, 6.07) is 10.3. The number of hydrogen-bond acceptors (Lipinski definition) is 3. The van der Waals surface area contributed by atoms with Crippen LogP contribution in [-0.2, 0) is 16.1 Å². The molecule has 0 spiro atoms. The SMILES string of the molecule is CCNC(=NCCCCOCc1ccccc1)N1CCC(COC)C1. The Morgan fingerprint density at radius 2 is 2.12 bits per heavy atom. The molecule has 25 heavy (non-hydrogen) atoms. The quantitative estimate of drug-likeness (QED) is 0.402. The summed E-state index contributed by atoms with van der Waals surface area (Å²) in [5.41, 5.74) is 1.23. The number of nitrogens with one attached hydrogen (secondary N) is 1. The number of aliphatic imine (C=N–C) groups is 1. The van der Waals surface area contributed by atoms with Crippen LogP contribution in [0.3, 0.4) is 0 Å². The van der Waals surface area contributed by atoms with Gasteiger partial charge in [0, 0.05) is 45.8 Å². The third-order valence-electron chi connectivity index (χ3n) is 4.39. The Morgan fingerprint density at radius 3 is 2.88 bits per heavy atom. The van der Waals surface area contributed by atoms with Crippen molar-refractivity contribution < 1.29 is 9.47 Å². The largest absolute Gasteiger partial charge is 0.384 e. The molecule has 0 bridgehead atoms. The van der Waals surface area contributed by atoms with Gasteiger partial charge >= 0.3 is 0 Å². The molecule has 140 valence electrons. The lowest BCUT2D eigenvalue weighted by Crippen LogP contribution is -2.40. The van der Waals surface area contributed by atoms with Crippen molar-refractivity contribution >= 4 is 5.96 Å². The van der Waals surface area contributed by atoms with Crippen LogP contribution in [0.1, 0.15) is 31.7 Å². The minimum atomic E-state index is 0.625. The molecule has 2 rings (SSSR count). The van der Waals surface area contributed by atoms with E-state index in [1.807, 2.05) is 18.2 Å². The van der Waals surface area contributed by atoms with Crippen LogP contribution in [0, 0.1) is 5.92 Å². The average molecular weight is 348 g/mol. The molecule has 0 amide bonds. The van der Waals surface area contributed by atoms with Crippen LogP contribution in [0.2, 0.25) is 0 Å². The van der Waals surface area contributed by atoms with E-state index in [9.17, 15) is 0 Å². The first-order valence-corrected chi connectivity index (χ1v) is 9.47. The molecule has 0 saturated carbocycles. The summed E-state index contributed by atoms with van der Waals surface area (Å²) in [6.45, 7) is 8.32. The van der Waals surface area contributed by atoms with Crippen molar-refractivity contribution in [3.8, 4) is 0 Å². The zero-order valence-corrected chi connectivity index (χ0v) is 15.7. The van der Waals surface area contributed by atoms with Gasteiger partial charge in [-0.25, -0.2) is 0 Å². The Hall–Kier alpha value is -1.59. The zero-order chi connectivity index (χ0) is 17.7. The summed E-state index contributed by atoms with van der Waals surface area (Å²) in [5, 5.41) is 3.41. The van der Waals surface area contributed by atoms with Crippen molar-refractivity contribution in [3.63, 3.8) is 0 Å². The van der Waals surface area contributed by atoms with Gasteiger partial charge in [0.05, 0.1) is 13.2 Å². The Morgan fingerprint density at radius 1 is 1.28 bits per heavy atom. The molecule has 0 aromatic heterocycles. The van der Waals surface area contributed by atoms with E-state index in [1.54, 1.807) is 7.11 Å². The van der Waals surface area contributed by atoms with Crippen LogP contribution in [0.4, 0.5) is 0 Å². The second-order valence-electron chi connectivity index (χ2n) is 6.54. The summed E-state index contributed by atoms with van der Waals surface area (Å²) >= 11 is 0. The Kier molecular flexibility index (Phi) is 9.37. The zero-order valence-electron chi connectivity index (χ0n) is 15.7. The van der Waals surface area contributed by atoms with Crippen molar-refractivity contribution in [1.82, 2.24) is 10.2 Å². The van der Waals surface area contributed by atoms with E-state index in [0.29, 0.717) is 12.5 Å². The summed E-state index contributed by atoms with van der Waals surface area (Å²) in [5.74, 6) is 1.67. The average Bonchev–Trinajstić information content (AvgIpc) is 3.10. The van der Waals surface area contributed by atoms with Gasteiger partial charge in [0.25, 0.3) is 0 Å². The number of guanidine groups is 1. The lowest BCUT2D eigenvalue weighted by atomic mass is 10.1. The molecule has 1 aromatic carbocycles. The maximum atomic E-state index is 5.73. The summed E-state index contributed by atoms with van der Waals surface area (Å²) in [7, 11) is 1.78. The Balaban J connectivity index is 1.62. The number of likely N-dealkylation sites (tertiary alicyclic amines) is 1. The third-order valence-corrected chi connectivity index (χ3v) is 4.39. The first kappa shape index (κ1) is 19.7. The fourth-order valence-corrected chi connectivity index (χ4v) is 3.09. The lowest BCUT2D eigenvalue weighted by Gasteiger charge is -2.21. The standard InChI is InChI=1S/C20H33N3O2/c1-3-21-20(23-13-11-19(15-23)16-24-2)22-12-7-8-14-25-17-18-9-5-4-6-10-18/h4-6,9-10,19H,3,7-8,11-17H2,1-2H3,(H,21,22). The molecule has 1 saturated heterocycles. The second-order valence-corrected chi connectivity index (χ2v) is 6.54. The minimum absolute atomic E-state index is 0.625. The third kappa shape index (κ3) is 7.45. The number of methoxy groups -OCH3 is 1. The first-order valence-electron chi connectivity index (χ1n) is 9.47. The van der Waals surface area contributed by atoms with Crippen LogP contribution in [0.25, 0.3) is 0 Å². The van der Waals surface area contributed by atoms with Crippen LogP contribution in [0.15, 0.2) is 35.3 Å². The van der Waals surface area contributed by atoms with E-state index in [4.69, 9.17) is 14.5 Å². The van der Waals surface area contributed by atoms with Crippen LogP contribution in [-0.4, -0.2) is 57.4 Å². The molecule has 5 nitrogen and oxygen atoms in total. The molecule has 5 heteroatoms. The van der Waals surface area contributed by atoms with Gasteiger partial charge in [-0.05, 0) is 31.7 Å². The second kappa shape index (κ2) is 11.9. The van der Waals surface area contributed by atoms with E-state index in [0.717, 1.165) is 58.2 Å². The summed E-state index contributed by atoms with van der Waals surface area (Å²) < 4.78 is 11.0. The Bertz CT molecular complexity index is 493. The van der Waals surface area contributed by atoms with Gasteiger partial charge in [-0.15, -0.1) is 0 Å². The highest BCUT2D eigenvalue weighted by atomic mass is 16.5. The number of nitrogens with zero attached hydrogens (tertiary/aromatic N) is 2. The fourth-order valence-electron chi connectivity index (χ4n) is 3.09. The van der Waals surface area contributed by atoms with Gasteiger partial charge in [-0.1, -0.05) is 30.3 Å². The molecule has 1 atom stereocenters. The lowest BCUT2D eigenvalue weighted by molar-refractivity contribution is 0.117. The van der Waals surface area contributed by atoms with Crippen molar-refractivity contribution in [2.45, 2.75) is 32.8 Å². The van der Waals surface area contributed by atoms with E-state index in [-0.39, 0.29) is 0 Å². The van der Waals surface area contributed by atoms with Gasteiger partial charge in [0.15, 0.2) is 5.96 Å². The normalized spacial score (nSPS) is 17.9. The van der Waals surface area contributed by atoms with Crippen molar-refractivity contribution in [2.75, 3.05) is 46.5 Å². The predicted octanol–water partition coefficient (Wildman–Crippen LogP) is 2.92. The van der Waals surface area contributed by atoms with Gasteiger partial charge in [-0.3, -0.25) is 4.99 Å². The highest BCUT2D eigenvalue weighted by Crippen LogP contribution is 2.16. The smallest absolute Gasteiger partial charge is 0.193 e. The van der Waals surface area contributed by atoms with E-state index >= 15 is 0 Å². The molecule has 1 aromatic rings. The molecular formula is C20H33N3O2. The number of unbranched alkanes of at least 4 members (excludes halogenated alkanes) is 1. The van der Waals surface area contributed by atoms with E-state index in [2.05, 4.69) is 29.3 Å². The molecular weight excluding hydrogens is 314 g/mol. The molecule has 1 N–H and O–H groups in total. The summed E-state index contributed by atoms with van der Waals surface area (Å²) in [6.07, 6.45) is 3.28. The highest BCUT2D eigenvalue weighted by Gasteiger charge is 2.24. The van der Waals surface area contributed by atoms with Gasteiger partial charge in [0.1, 0.15) is 0 Å². The Labute approximate surface area is 152 Å². The molecule has 0 aliphatic carbocycles. The number of rotatable bonds is 10. The van der Waals surface area contributed by atoms with Crippen LogP contribution < -0.4 is 5.32 Å². The van der Waals surface area contributed by atoms with Crippen molar-refractivity contribution in [1.29, 1.82) is 0 Å². The summed E-state index contributed by atoms with van der Waals surface area (Å²) in [4.78, 5) is 7.14. The maximum absolute atomic E-state index is 5.73. The topological polar surface area (TPSA) is 46.1 Å². The highest BCUT2D eigenvalue weighted by molar-refractivity contribution is 5.80. The molecule has 1 unspecified atom stereocenters. The first-order chi connectivity index (χ1) is 12.3. The minimum Gasteiger partial charge on any atom is -0.384 e. The van der Waals surface area contributed by atoms with Crippen LogP contribution in [0.5, 0.6) is 0 Å². The number of ether oxygens (including phenoxy) is 2.